The first kappa shape index (κ1) is 21.2. The number of urea groups is 1. The largest absolute Gasteiger partial charge is 0.497 e. The summed E-state index contributed by atoms with van der Waals surface area (Å²) < 4.78 is 5.27. The lowest BCUT2D eigenvalue weighted by Gasteiger charge is -2.27. The van der Waals surface area contributed by atoms with Gasteiger partial charge in [0.05, 0.1) is 7.11 Å². The Morgan fingerprint density at radius 3 is 2.35 bits per heavy atom. The number of nitrogens with zero attached hydrogens (tertiary/aromatic N) is 2. The minimum absolute atomic E-state index is 0.166. The van der Waals surface area contributed by atoms with E-state index >= 15 is 0 Å². The summed E-state index contributed by atoms with van der Waals surface area (Å²) >= 11 is 0. The Hall–Kier alpha value is -3.09. The number of amides is 4. The molecular formula is C24H29N3O4. The van der Waals surface area contributed by atoms with Gasteiger partial charge >= 0.3 is 6.03 Å². The van der Waals surface area contributed by atoms with E-state index in [-0.39, 0.29) is 12.5 Å². The number of hydrogen-bond donors (Lipinski definition) is 1. The van der Waals surface area contributed by atoms with E-state index < -0.39 is 17.5 Å². The number of imide groups is 1. The molecule has 2 aliphatic heterocycles. The Morgan fingerprint density at radius 2 is 1.65 bits per heavy atom. The van der Waals surface area contributed by atoms with Crippen molar-refractivity contribution in [2.24, 2.45) is 0 Å². The van der Waals surface area contributed by atoms with Crippen molar-refractivity contribution >= 4 is 28.6 Å². The van der Waals surface area contributed by atoms with E-state index in [4.69, 9.17) is 4.74 Å². The second-order valence-electron chi connectivity index (χ2n) is 8.52. The zero-order valence-electron chi connectivity index (χ0n) is 18.1. The Morgan fingerprint density at radius 1 is 1.00 bits per heavy atom. The molecule has 7 heteroatoms. The number of methoxy groups -OCH3 is 1. The fraction of sp³-hybridized carbons (Fsp3) is 0.458. The van der Waals surface area contributed by atoms with Gasteiger partial charge in [-0.3, -0.25) is 14.5 Å². The molecule has 0 aromatic heterocycles. The minimum atomic E-state index is -1.21. The maximum absolute atomic E-state index is 13.3. The van der Waals surface area contributed by atoms with Crippen LogP contribution < -0.4 is 10.1 Å². The van der Waals surface area contributed by atoms with Crippen molar-refractivity contribution in [3.63, 3.8) is 0 Å². The van der Waals surface area contributed by atoms with Crippen molar-refractivity contribution in [3.05, 3.63) is 42.0 Å². The number of likely N-dealkylation sites (tertiary alicyclic amines) is 1. The van der Waals surface area contributed by atoms with Crippen LogP contribution in [0.3, 0.4) is 0 Å². The van der Waals surface area contributed by atoms with Gasteiger partial charge < -0.3 is 15.0 Å². The molecule has 1 atom stereocenters. The third-order valence-corrected chi connectivity index (χ3v) is 6.40. The molecule has 0 radical (unpaired) electrons. The molecule has 7 nitrogen and oxygen atoms in total. The number of ether oxygens (including phenoxy) is 1. The first-order valence-corrected chi connectivity index (χ1v) is 10.9. The van der Waals surface area contributed by atoms with Crippen molar-refractivity contribution in [2.45, 2.75) is 44.6 Å². The molecule has 0 saturated carbocycles. The molecule has 2 fully saturated rings. The topological polar surface area (TPSA) is 79.0 Å². The second kappa shape index (κ2) is 8.57. The van der Waals surface area contributed by atoms with Crippen LogP contribution in [-0.4, -0.2) is 54.4 Å². The van der Waals surface area contributed by atoms with Gasteiger partial charge in [-0.15, -0.1) is 0 Å². The van der Waals surface area contributed by atoms with E-state index in [0.29, 0.717) is 18.7 Å². The van der Waals surface area contributed by atoms with Crippen molar-refractivity contribution < 1.29 is 19.1 Å². The first-order chi connectivity index (χ1) is 14.9. The van der Waals surface area contributed by atoms with E-state index in [1.54, 1.807) is 18.9 Å². The Kier molecular flexibility index (Phi) is 5.85. The maximum Gasteiger partial charge on any atom is 0.325 e. The van der Waals surface area contributed by atoms with E-state index in [2.05, 4.69) is 5.32 Å². The quantitative estimate of drug-likeness (QED) is 0.765. The van der Waals surface area contributed by atoms with Gasteiger partial charge in [-0.2, -0.15) is 0 Å². The van der Waals surface area contributed by atoms with E-state index in [1.807, 2.05) is 36.4 Å². The number of nitrogens with one attached hydrogen (secondary N) is 1. The van der Waals surface area contributed by atoms with Crippen molar-refractivity contribution in [2.75, 3.05) is 26.7 Å². The predicted molar refractivity (Wildman–Crippen MR) is 118 cm³/mol. The van der Waals surface area contributed by atoms with Crippen LogP contribution in [0.25, 0.3) is 10.8 Å². The molecule has 2 aliphatic rings. The molecule has 164 valence electrons. The van der Waals surface area contributed by atoms with Crippen LogP contribution >= 0.6 is 0 Å². The monoisotopic (exact) mass is 423 g/mol. The summed E-state index contributed by atoms with van der Waals surface area (Å²) in [6.45, 7) is 2.85. The fourth-order valence-corrected chi connectivity index (χ4v) is 4.43. The predicted octanol–water partition coefficient (Wildman–Crippen LogP) is 3.41. The molecule has 2 aromatic carbocycles. The van der Waals surface area contributed by atoms with E-state index in [9.17, 15) is 14.4 Å². The molecule has 1 N–H and O–H groups in total. The number of carbonyl (C=O) groups is 3. The van der Waals surface area contributed by atoms with Crippen molar-refractivity contribution in [3.8, 4) is 5.75 Å². The third kappa shape index (κ3) is 4.09. The number of benzene rings is 2. The summed E-state index contributed by atoms with van der Waals surface area (Å²) in [6, 6.07) is 10.8. The summed E-state index contributed by atoms with van der Waals surface area (Å²) in [5.41, 5.74) is -0.522. The summed E-state index contributed by atoms with van der Waals surface area (Å²) in [4.78, 5) is 41.6. The number of carbonyl (C=O) groups excluding carboxylic acids is 3. The van der Waals surface area contributed by atoms with Crippen LogP contribution in [0, 0.1) is 0 Å². The lowest BCUT2D eigenvalue weighted by atomic mass is 9.90. The first-order valence-electron chi connectivity index (χ1n) is 10.9. The van der Waals surface area contributed by atoms with Gasteiger partial charge in [0.1, 0.15) is 17.8 Å². The van der Waals surface area contributed by atoms with Crippen LogP contribution in [0.15, 0.2) is 36.4 Å². The Balaban J connectivity index is 1.53. The highest BCUT2D eigenvalue weighted by atomic mass is 16.5. The third-order valence-electron chi connectivity index (χ3n) is 6.40. The molecule has 31 heavy (non-hydrogen) atoms. The average molecular weight is 424 g/mol. The van der Waals surface area contributed by atoms with Gasteiger partial charge in [0.15, 0.2) is 0 Å². The van der Waals surface area contributed by atoms with Crippen LogP contribution in [0.5, 0.6) is 5.75 Å². The highest BCUT2D eigenvalue weighted by Crippen LogP contribution is 2.32. The molecule has 0 unspecified atom stereocenters. The van der Waals surface area contributed by atoms with Gasteiger partial charge in [0, 0.05) is 13.1 Å². The molecule has 0 bridgehead atoms. The highest BCUT2D eigenvalue weighted by Gasteiger charge is 2.49. The van der Waals surface area contributed by atoms with E-state index in [0.717, 1.165) is 47.1 Å². The summed E-state index contributed by atoms with van der Waals surface area (Å²) in [5, 5.41) is 4.73. The fourth-order valence-electron chi connectivity index (χ4n) is 4.43. The van der Waals surface area contributed by atoms with Gasteiger partial charge in [0.25, 0.3) is 5.91 Å². The van der Waals surface area contributed by atoms with Crippen LogP contribution in [0.2, 0.25) is 0 Å². The summed E-state index contributed by atoms with van der Waals surface area (Å²) in [5.74, 6) is 0.191. The van der Waals surface area contributed by atoms with Gasteiger partial charge in [0.2, 0.25) is 5.91 Å². The van der Waals surface area contributed by atoms with Crippen LogP contribution in [0.1, 0.15) is 44.6 Å². The minimum Gasteiger partial charge on any atom is -0.497 e. The second-order valence-corrected chi connectivity index (χ2v) is 8.52. The number of hydrogen-bond acceptors (Lipinski definition) is 4. The maximum atomic E-state index is 13.3. The Bertz CT molecular complexity index is 1010. The highest BCUT2D eigenvalue weighted by molar-refractivity contribution is 6.09. The van der Waals surface area contributed by atoms with Crippen LogP contribution in [-0.2, 0) is 15.1 Å². The standard InChI is InChI=1S/C24H29N3O4/c1-24(19-10-8-18-15-20(31-2)11-9-17(18)14-19)22(29)27(23(30)25-24)16-21(28)26-12-6-4-3-5-7-13-26/h8-11,14-15H,3-7,12-13,16H2,1-2H3,(H,25,30)/t24-/m1/s1. The molecular weight excluding hydrogens is 394 g/mol. The zero-order chi connectivity index (χ0) is 22.0. The average Bonchev–Trinajstić information content (AvgIpc) is 2.96. The number of fused-ring (bicyclic) bond motifs is 1. The molecule has 4 amide bonds. The lowest BCUT2D eigenvalue weighted by molar-refractivity contribution is -0.139. The number of rotatable bonds is 4. The molecule has 2 aromatic rings. The van der Waals surface area contributed by atoms with Gasteiger partial charge in [-0.05, 0) is 54.3 Å². The molecule has 4 rings (SSSR count). The van der Waals surface area contributed by atoms with E-state index in [1.165, 1.54) is 6.42 Å². The van der Waals surface area contributed by atoms with Crippen molar-refractivity contribution in [1.82, 2.24) is 15.1 Å². The zero-order valence-corrected chi connectivity index (χ0v) is 18.1. The smallest absolute Gasteiger partial charge is 0.325 e. The summed E-state index contributed by atoms with van der Waals surface area (Å²) in [6.07, 6.45) is 5.35. The molecule has 2 saturated heterocycles. The molecule has 0 spiro atoms. The SMILES string of the molecule is COc1ccc2cc([C@@]3(C)NC(=O)N(CC(=O)N4CCCCCCC4)C3=O)ccc2c1. The van der Waals surface area contributed by atoms with Gasteiger partial charge in [-0.1, -0.05) is 37.5 Å². The van der Waals surface area contributed by atoms with Gasteiger partial charge in [-0.25, -0.2) is 4.79 Å². The molecule has 0 aliphatic carbocycles. The normalized spacial score (nSPS) is 22.3. The van der Waals surface area contributed by atoms with Crippen molar-refractivity contribution in [1.29, 1.82) is 0 Å². The van der Waals surface area contributed by atoms with Crippen LogP contribution in [0.4, 0.5) is 4.79 Å². The molecule has 2 heterocycles. The Labute approximate surface area is 182 Å². The summed E-state index contributed by atoms with van der Waals surface area (Å²) in [7, 11) is 1.62. The lowest BCUT2D eigenvalue weighted by Crippen LogP contribution is -2.45.